The molecule has 0 saturated carbocycles. The van der Waals surface area contributed by atoms with Crippen LogP contribution in [0.1, 0.15) is 44.6 Å². The van der Waals surface area contributed by atoms with Crippen molar-refractivity contribution in [2.75, 3.05) is 0 Å². The quantitative estimate of drug-likeness (QED) is 0.682. The van der Waals surface area contributed by atoms with Gasteiger partial charge in [0.25, 0.3) is 0 Å². The summed E-state index contributed by atoms with van der Waals surface area (Å²) in [6.07, 6.45) is 6.31. The normalized spacial score (nSPS) is 12.4. The monoisotopic (exact) mass is 250 g/mol. The number of rotatable bonds is 8. The van der Waals surface area contributed by atoms with Crippen LogP contribution in [0.2, 0.25) is 0 Å². The lowest BCUT2D eigenvalue weighted by atomic mass is 9.90. The van der Waals surface area contributed by atoms with E-state index in [2.05, 4.69) is 49.9 Å². The SMILES string of the molecule is CCCC(CCCC(=O)S)Cc1ccccc1. The maximum Gasteiger partial charge on any atom is 0.185 e. The number of thiol groups is 1. The Kier molecular flexibility index (Phi) is 7.02. The van der Waals surface area contributed by atoms with Gasteiger partial charge in [-0.15, -0.1) is 12.6 Å². The van der Waals surface area contributed by atoms with Crippen molar-refractivity contribution >= 4 is 17.7 Å². The number of hydrogen-bond donors (Lipinski definition) is 1. The van der Waals surface area contributed by atoms with Crippen molar-refractivity contribution in [3.05, 3.63) is 35.9 Å². The second-order valence-corrected chi connectivity index (χ2v) is 5.13. The van der Waals surface area contributed by atoms with Crippen molar-refractivity contribution in [2.45, 2.75) is 45.4 Å². The minimum Gasteiger partial charge on any atom is -0.288 e. The smallest absolute Gasteiger partial charge is 0.185 e. The summed E-state index contributed by atoms with van der Waals surface area (Å²) in [5.74, 6) is 0.704. The molecule has 1 atom stereocenters. The average molecular weight is 250 g/mol. The molecule has 0 amide bonds. The summed E-state index contributed by atoms with van der Waals surface area (Å²) in [6.45, 7) is 2.22. The standard InChI is InChI=1S/C15H22OS/c1-2-7-13(10-6-11-15(16)17)12-14-8-4-3-5-9-14/h3-5,8-9,13H,2,6-7,10-12H2,1H3,(H,16,17). The van der Waals surface area contributed by atoms with E-state index in [1.165, 1.54) is 18.4 Å². The number of carbonyl (C=O) groups excluding carboxylic acids is 1. The first kappa shape index (κ1) is 14.3. The van der Waals surface area contributed by atoms with Gasteiger partial charge in [0.05, 0.1) is 0 Å². The summed E-state index contributed by atoms with van der Waals surface area (Å²) >= 11 is 3.81. The number of benzene rings is 1. The molecule has 0 aliphatic carbocycles. The summed E-state index contributed by atoms with van der Waals surface area (Å²) in [7, 11) is 0. The Labute approximate surface area is 110 Å². The van der Waals surface area contributed by atoms with E-state index >= 15 is 0 Å². The van der Waals surface area contributed by atoms with Crippen LogP contribution in [0, 0.1) is 5.92 Å². The van der Waals surface area contributed by atoms with Gasteiger partial charge in [-0.25, -0.2) is 0 Å². The van der Waals surface area contributed by atoms with Crippen LogP contribution in [-0.2, 0) is 11.2 Å². The van der Waals surface area contributed by atoms with Gasteiger partial charge in [0.1, 0.15) is 0 Å². The van der Waals surface area contributed by atoms with Gasteiger partial charge in [0.2, 0.25) is 0 Å². The summed E-state index contributed by atoms with van der Waals surface area (Å²) in [5.41, 5.74) is 1.41. The minimum atomic E-state index is 0.0139. The second kappa shape index (κ2) is 8.35. The van der Waals surface area contributed by atoms with Crippen molar-refractivity contribution in [3.8, 4) is 0 Å². The van der Waals surface area contributed by atoms with Crippen LogP contribution in [-0.4, -0.2) is 5.12 Å². The third kappa shape index (κ3) is 6.52. The highest BCUT2D eigenvalue weighted by Gasteiger charge is 2.09. The molecule has 94 valence electrons. The molecule has 2 heteroatoms. The molecule has 0 aromatic heterocycles. The van der Waals surface area contributed by atoms with E-state index in [0.717, 1.165) is 19.3 Å². The molecule has 17 heavy (non-hydrogen) atoms. The fourth-order valence-corrected chi connectivity index (χ4v) is 2.40. The maximum atomic E-state index is 10.8. The third-order valence-corrected chi connectivity index (χ3v) is 3.29. The molecule has 0 bridgehead atoms. The summed E-state index contributed by atoms with van der Waals surface area (Å²) in [5, 5.41) is 0.0139. The van der Waals surface area contributed by atoms with E-state index in [0.29, 0.717) is 12.3 Å². The largest absolute Gasteiger partial charge is 0.288 e. The van der Waals surface area contributed by atoms with Gasteiger partial charge >= 0.3 is 0 Å². The highest BCUT2D eigenvalue weighted by Crippen LogP contribution is 2.20. The van der Waals surface area contributed by atoms with E-state index in [4.69, 9.17) is 0 Å². The first-order valence-electron chi connectivity index (χ1n) is 6.48. The van der Waals surface area contributed by atoms with E-state index in [-0.39, 0.29) is 5.12 Å². The van der Waals surface area contributed by atoms with Crippen molar-refractivity contribution < 1.29 is 4.79 Å². The fourth-order valence-electron chi connectivity index (χ4n) is 2.25. The van der Waals surface area contributed by atoms with Crippen LogP contribution < -0.4 is 0 Å². The molecule has 0 radical (unpaired) electrons. The number of hydrogen-bond acceptors (Lipinski definition) is 1. The van der Waals surface area contributed by atoms with E-state index in [1.54, 1.807) is 0 Å². The molecule has 0 N–H and O–H groups in total. The van der Waals surface area contributed by atoms with E-state index in [1.807, 2.05) is 0 Å². The second-order valence-electron chi connectivity index (χ2n) is 4.63. The Morgan fingerprint density at radius 3 is 2.53 bits per heavy atom. The zero-order chi connectivity index (χ0) is 12.5. The Bertz CT molecular complexity index is 321. The van der Waals surface area contributed by atoms with Gasteiger partial charge in [0.15, 0.2) is 5.12 Å². The van der Waals surface area contributed by atoms with Gasteiger partial charge < -0.3 is 0 Å². The molecular weight excluding hydrogens is 228 g/mol. The van der Waals surface area contributed by atoms with Crippen LogP contribution >= 0.6 is 12.6 Å². The lowest BCUT2D eigenvalue weighted by Gasteiger charge is -2.15. The molecule has 0 saturated heterocycles. The van der Waals surface area contributed by atoms with Gasteiger partial charge in [-0.05, 0) is 30.7 Å². The highest BCUT2D eigenvalue weighted by molar-refractivity contribution is 7.96. The zero-order valence-corrected chi connectivity index (χ0v) is 11.5. The molecule has 0 fully saturated rings. The first-order chi connectivity index (χ1) is 8.22. The molecule has 0 spiro atoms. The van der Waals surface area contributed by atoms with Crippen molar-refractivity contribution in [3.63, 3.8) is 0 Å². The zero-order valence-electron chi connectivity index (χ0n) is 10.6. The molecule has 0 aliphatic rings. The van der Waals surface area contributed by atoms with Crippen LogP contribution in [0.15, 0.2) is 30.3 Å². The molecule has 1 nitrogen and oxygen atoms in total. The molecule has 0 heterocycles. The average Bonchev–Trinajstić information content (AvgIpc) is 2.30. The van der Waals surface area contributed by atoms with Gasteiger partial charge in [-0.1, -0.05) is 50.1 Å². The lowest BCUT2D eigenvalue weighted by Crippen LogP contribution is -2.05. The summed E-state index contributed by atoms with van der Waals surface area (Å²) in [6, 6.07) is 10.6. The Balaban J connectivity index is 2.40. The molecule has 0 aliphatic heterocycles. The van der Waals surface area contributed by atoms with Crippen molar-refractivity contribution in [1.29, 1.82) is 0 Å². The topological polar surface area (TPSA) is 17.1 Å². The fraction of sp³-hybridized carbons (Fsp3) is 0.533. The maximum absolute atomic E-state index is 10.8. The van der Waals surface area contributed by atoms with Crippen LogP contribution in [0.25, 0.3) is 0 Å². The van der Waals surface area contributed by atoms with Crippen LogP contribution in [0.5, 0.6) is 0 Å². The van der Waals surface area contributed by atoms with Crippen molar-refractivity contribution in [1.82, 2.24) is 0 Å². The minimum absolute atomic E-state index is 0.0139. The lowest BCUT2D eigenvalue weighted by molar-refractivity contribution is -0.110. The Morgan fingerprint density at radius 2 is 1.94 bits per heavy atom. The predicted molar refractivity (Wildman–Crippen MR) is 76.4 cm³/mol. The highest BCUT2D eigenvalue weighted by atomic mass is 32.1. The Morgan fingerprint density at radius 1 is 1.24 bits per heavy atom. The molecule has 1 aromatic rings. The number of carbonyl (C=O) groups is 1. The van der Waals surface area contributed by atoms with E-state index < -0.39 is 0 Å². The first-order valence-corrected chi connectivity index (χ1v) is 6.92. The van der Waals surface area contributed by atoms with E-state index in [9.17, 15) is 4.79 Å². The Hall–Kier alpha value is -0.760. The van der Waals surface area contributed by atoms with Gasteiger partial charge in [0, 0.05) is 6.42 Å². The third-order valence-electron chi connectivity index (χ3n) is 3.07. The van der Waals surface area contributed by atoms with Crippen LogP contribution in [0.4, 0.5) is 0 Å². The van der Waals surface area contributed by atoms with Gasteiger partial charge in [-0.2, -0.15) is 0 Å². The summed E-state index contributed by atoms with van der Waals surface area (Å²) in [4.78, 5) is 10.8. The van der Waals surface area contributed by atoms with Crippen LogP contribution in [0.3, 0.4) is 0 Å². The molecule has 1 unspecified atom stereocenters. The molecular formula is C15H22OS. The summed E-state index contributed by atoms with van der Waals surface area (Å²) < 4.78 is 0. The molecule has 1 rings (SSSR count). The van der Waals surface area contributed by atoms with Crippen molar-refractivity contribution in [2.24, 2.45) is 5.92 Å². The predicted octanol–water partition coefficient (Wildman–Crippen LogP) is 4.27. The molecule has 1 aromatic carbocycles. The van der Waals surface area contributed by atoms with Gasteiger partial charge in [-0.3, -0.25) is 4.79 Å².